The van der Waals surface area contributed by atoms with Crippen LogP contribution in [0, 0.1) is 5.92 Å². The second kappa shape index (κ2) is 8.70. The number of aromatic amines is 1. The molecule has 0 spiro atoms. The second-order valence-corrected chi connectivity index (χ2v) is 7.27. The van der Waals surface area contributed by atoms with Crippen LogP contribution in [0.5, 0.6) is 0 Å². The lowest BCUT2D eigenvalue weighted by Crippen LogP contribution is -2.44. The third-order valence-corrected chi connectivity index (χ3v) is 4.62. The minimum Gasteiger partial charge on any atom is -0.464 e. The Morgan fingerprint density at radius 1 is 1.29 bits per heavy atom. The van der Waals surface area contributed by atoms with Crippen molar-refractivity contribution in [2.45, 2.75) is 51.5 Å². The summed E-state index contributed by atoms with van der Waals surface area (Å²) in [5, 5.41) is 2.97. The molecule has 0 aliphatic carbocycles. The molecule has 2 aromatic rings. The lowest BCUT2D eigenvalue weighted by Gasteiger charge is -2.27. The molecular weight excluding hydrogens is 362 g/mol. The van der Waals surface area contributed by atoms with E-state index in [0.29, 0.717) is 18.2 Å². The van der Waals surface area contributed by atoms with Crippen molar-refractivity contribution in [3.05, 3.63) is 30.1 Å². The number of aromatic nitrogens is 2. The van der Waals surface area contributed by atoms with E-state index in [1.807, 2.05) is 24.3 Å². The Morgan fingerprint density at radius 2 is 2.04 bits per heavy atom. The van der Waals surface area contributed by atoms with Crippen molar-refractivity contribution in [2.24, 2.45) is 5.92 Å². The Kier molecular flexibility index (Phi) is 6.31. The number of esters is 1. The van der Waals surface area contributed by atoms with Gasteiger partial charge in [-0.25, -0.2) is 9.78 Å². The van der Waals surface area contributed by atoms with E-state index in [0.717, 1.165) is 11.0 Å². The van der Waals surface area contributed by atoms with Gasteiger partial charge in [0, 0.05) is 7.11 Å². The van der Waals surface area contributed by atoms with Crippen LogP contribution in [0.25, 0.3) is 11.0 Å². The van der Waals surface area contributed by atoms with E-state index in [-0.39, 0.29) is 18.6 Å². The quantitative estimate of drug-likeness (QED) is 0.503. The van der Waals surface area contributed by atoms with Gasteiger partial charge in [0.25, 0.3) is 5.91 Å². The van der Waals surface area contributed by atoms with Crippen LogP contribution in [0.15, 0.2) is 24.3 Å². The highest BCUT2D eigenvalue weighted by molar-refractivity contribution is 5.92. The fourth-order valence-electron chi connectivity index (χ4n) is 3.32. The van der Waals surface area contributed by atoms with Crippen molar-refractivity contribution >= 4 is 22.9 Å². The Hall–Kier alpha value is -2.45. The minimum atomic E-state index is -0.827. The summed E-state index contributed by atoms with van der Waals surface area (Å²) in [6.45, 7) is 6.10. The molecule has 1 aromatic heterocycles. The van der Waals surface area contributed by atoms with Crippen LogP contribution in [-0.2, 0) is 23.8 Å². The molecule has 1 aliphatic rings. The maximum Gasteiger partial charge on any atom is 0.338 e. The monoisotopic (exact) mass is 389 g/mol. The first-order valence-electron chi connectivity index (χ1n) is 9.54. The van der Waals surface area contributed by atoms with Gasteiger partial charge in [0.2, 0.25) is 0 Å². The van der Waals surface area contributed by atoms with Gasteiger partial charge in [0.15, 0.2) is 12.2 Å². The molecule has 1 saturated heterocycles. The third kappa shape index (κ3) is 4.51. The molecule has 28 heavy (non-hydrogen) atoms. The molecule has 2 N–H and O–H groups in total. The van der Waals surface area contributed by atoms with Gasteiger partial charge >= 0.3 is 5.97 Å². The molecule has 4 atom stereocenters. The first-order valence-corrected chi connectivity index (χ1v) is 9.54. The van der Waals surface area contributed by atoms with Gasteiger partial charge < -0.3 is 24.5 Å². The van der Waals surface area contributed by atoms with Crippen molar-refractivity contribution in [2.75, 3.05) is 13.7 Å². The zero-order valence-corrected chi connectivity index (χ0v) is 16.6. The van der Waals surface area contributed by atoms with Gasteiger partial charge in [0.05, 0.1) is 23.7 Å². The molecule has 1 aromatic carbocycles. The Morgan fingerprint density at radius 3 is 2.68 bits per heavy atom. The number of nitrogens with zero attached hydrogens (tertiary/aromatic N) is 1. The van der Waals surface area contributed by atoms with Gasteiger partial charge in [-0.1, -0.05) is 26.0 Å². The van der Waals surface area contributed by atoms with Crippen LogP contribution in [0.4, 0.5) is 0 Å². The Bertz CT molecular complexity index is 801. The molecule has 3 rings (SSSR count). The third-order valence-electron chi connectivity index (χ3n) is 4.62. The molecule has 1 amide bonds. The van der Waals surface area contributed by atoms with Crippen molar-refractivity contribution in [3.63, 3.8) is 0 Å². The fourth-order valence-corrected chi connectivity index (χ4v) is 3.32. The lowest BCUT2D eigenvalue weighted by molar-refractivity contribution is -0.144. The molecular formula is C20H27N3O5. The van der Waals surface area contributed by atoms with Crippen LogP contribution < -0.4 is 5.32 Å². The number of methoxy groups -OCH3 is 1. The largest absolute Gasteiger partial charge is 0.464 e. The summed E-state index contributed by atoms with van der Waals surface area (Å²) in [4.78, 5) is 32.2. The number of ether oxygens (including phenoxy) is 3. The molecule has 0 bridgehead atoms. The van der Waals surface area contributed by atoms with Gasteiger partial charge in [-0.2, -0.15) is 0 Å². The molecule has 0 radical (unpaired) electrons. The highest BCUT2D eigenvalue weighted by Gasteiger charge is 2.52. The summed E-state index contributed by atoms with van der Waals surface area (Å²) in [6, 6.07) is 7.38. The van der Waals surface area contributed by atoms with E-state index in [4.69, 9.17) is 14.2 Å². The van der Waals surface area contributed by atoms with E-state index < -0.39 is 24.3 Å². The van der Waals surface area contributed by atoms with Crippen molar-refractivity contribution in [1.29, 1.82) is 0 Å². The van der Waals surface area contributed by atoms with E-state index in [1.165, 1.54) is 0 Å². The number of nitrogens with one attached hydrogen (secondary N) is 2. The van der Waals surface area contributed by atoms with Gasteiger partial charge in [-0.15, -0.1) is 0 Å². The van der Waals surface area contributed by atoms with E-state index in [2.05, 4.69) is 29.1 Å². The zero-order chi connectivity index (χ0) is 20.3. The summed E-state index contributed by atoms with van der Waals surface area (Å²) in [7, 11) is 1.59. The highest BCUT2D eigenvalue weighted by atomic mass is 16.6. The molecule has 8 heteroatoms. The molecule has 152 valence electrons. The van der Waals surface area contributed by atoms with Crippen molar-refractivity contribution < 1.29 is 23.8 Å². The SMILES string of the molecule is CCOC(=O)[C@H]1O[C@@H]1C(=O)NC(CC(C)C)[C@H](OC)c1nc2ccccc2[nH]1. The maximum atomic E-state index is 12.6. The van der Waals surface area contributed by atoms with Crippen LogP contribution in [0.3, 0.4) is 0 Å². The minimum absolute atomic E-state index is 0.251. The number of amides is 1. The topological polar surface area (TPSA) is 106 Å². The van der Waals surface area contributed by atoms with E-state index >= 15 is 0 Å². The number of epoxide rings is 1. The van der Waals surface area contributed by atoms with E-state index in [9.17, 15) is 9.59 Å². The Balaban J connectivity index is 1.74. The molecule has 1 aliphatic heterocycles. The summed E-state index contributed by atoms with van der Waals surface area (Å²) < 4.78 is 15.8. The number of H-pyrrole nitrogens is 1. The number of carbonyl (C=O) groups excluding carboxylic acids is 2. The van der Waals surface area contributed by atoms with Gasteiger partial charge in [0.1, 0.15) is 11.9 Å². The van der Waals surface area contributed by atoms with Gasteiger partial charge in [-0.3, -0.25) is 4.79 Å². The molecule has 0 saturated carbocycles. The van der Waals surface area contributed by atoms with Crippen LogP contribution in [0.1, 0.15) is 39.1 Å². The average Bonchev–Trinajstić information content (AvgIpc) is 3.35. The summed E-state index contributed by atoms with van der Waals surface area (Å²) in [5.41, 5.74) is 1.74. The first-order chi connectivity index (χ1) is 13.4. The van der Waals surface area contributed by atoms with Crippen molar-refractivity contribution in [3.8, 4) is 0 Å². The zero-order valence-electron chi connectivity index (χ0n) is 16.6. The van der Waals surface area contributed by atoms with Crippen LogP contribution >= 0.6 is 0 Å². The maximum absolute atomic E-state index is 12.6. The summed E-state index contributed by atoms with van der Waals surface area (Å²) in [5.74, 6) is 0.104. The number of rotatable bonds is 9. The summed E-state index contributed by atoms with van der Waals surface area (Å²) in [6.07, 6.45) is -1.43. The van der Waals surface area contributed by atoms with Crippen molar-refractivity contribution in [1.82, 2.24) is 15.3 Å². The predicted molar refractivity (Wildman–Crippen MR) is 103 cm³/mol. The number of benzene rings is 1. The number of para-hydroxylation sites is 2. The van der Waals surface area contributed by atoms with E-state index in [1.54, 1.807) is 14.0 Å². The number of carbonyl (C=O) groups is 2. The lowest BCUT2D eigenvalue weighted by atomic mass is 9.98. The first kappa shape index (κ1) is 20.3. The average molecular weight is 389 g/mol. The van der Waals surface area contributed by atoms with Crippen LogP contribution in [0.2, 0.25) is 0 Å². The standard InChI is InChI=1S/C20H27N3O5/c1-5-27-20(25)17-16(28-17)19(24)23-14(10-11(2)3)15(26-4)18-21-12-8-6-7-9-13(12)22-18/h6-9,11,14-17H,5,10H2,1-4H3,(H,21,22)(H,23,24)/t14?,15-,16-,17-/m0/s1. The highest BCUT2D eigenvalue weighted by Crippen LogP contribution is 2.28. The normalized spacial score (nSPS) is 20.8. The predicted octanol–water partition coefficient (Wildman–Crippen LogP) is 2.11. The fraction of sp³-hybridized carbons (Fsp3) is 0.550. The summed E-state index contributed by atoms with van der Waals surface area (Å²) >= 11 is 0. The molecule has 8 nitrogen and oxygen atoms in total. The smallest absolute Gasteiger partial charge is 0.338 e. The molecule has 2 heterocycles. The number of hydrogen-bond donors (Lipinski definition) is 2. The van der Waals surface area contributed by atoms with Crippen LogP contribution in [-0.4, -0.2) is 53.8 Å². The number of hydrogen-bond acceptors (Lipinski definition) is 6. The second-order valence-electron chi connectivity index (χ2n) is 7.27. The number of imidazole rings is 1. The molecule has 1 fully saturated rings. The van der Waals surface area contributed by atoms with Gasteiger partial charge in [-0.05, 0) is 31.4 Å². The Labute approximate surface area is 163 Å². The number of fused-ring (bicyclic) bond motifs is 1. The molecule has 1 unspecified atom stereocenters.